The summed E-state index contributed by atoms with van der Waals surface area (Å²) in [6, 6.07) is -0.882. The summed E-state index contributed by atoms with van der Waals surface area (Å²) < 4.78 is 34.4. The lowest BCUT2D eigenvalue weighted by Gasteiger charge is -2.48. The first-order valence-corrected chi connectivity index (χ1v) is 39.4. The van der Waals surface area contributed by atoms with E-state index >= 15 is 0 Å². The fourth-order valence-electron chi connectivity index (χ4n) is 13.7. The van der Waals surface area contributed by atoms with Crippen LogP contribution in [0, 0.1) is 0 Å². The van der Waals surface area contributed by atoms with Gasteiger partial charge in [0.15, 0.2) is 18.9 Å². The van der Waals surface area contributed by atoms with Gasteiger partial charge in [-0.1, -0.05) is 302 Å². The Kier molecular flexibility index (Phi) is 53.6. The van der Waals surface area contributed by atoms with E-state index in [0.29, 0.717) is 12.8 Å². The van der Waals surface area contributed by atoms with E-state index in [1.165, 1.54) is 257 Å². The van der Waals surface area contributed by atoms with Crippen LogP contribution in [0.2, 0.25) is 0 Å². The summed E-state index contributed by atoms with van der Waals surface area (Å²) in [6.45, 7) is 1.83. The Hall–Kier alpha value is -1.47. The molecule has 17 atom stereocenters. The third kappa shape index (κ3) is 39.0. The highest BCUT2D eigenvalue weighted by molar-refractivity contribution is 5.76. The maximum atomic E-state index is 13.4. The van der Waals surface area contributed by atoms with Crippen LogP contribution < -0.4 is 5.32 Å². The van der Waals surface area contributed by atoms with E-state index in [-0.39, 0.29) is 18.9 Å². The maximum Gasteiger partial charge on any atom is 0.220 e. The topological polar surface area (TPSA) is 307 Å². The van der Waals surface area contributed by atoms with Crippen LogP contribution >= 0.6 is 0 Å². The van der Waals surface area contributed by atoms with Gasteiger partial charge in [0, 0.05) is 6.42 Å². The van der Waals surface area contributed by atoms with Gasteiger partial charge in [-0.3, -0.25) is 4.79 Å². The fourth-order valence-corrected chi connectivity index (χ4v) is 13.7. The zero-order chi connectivity index (χ0) is 68.9. The molecule has 0 aromatic rings. The lowest BCUT2D eigenvalue weighted by atomic mass is 9.96. The first-order chi connectivity index (χ1) is 46.3. The summed E-state index contributed by atoms with van der Waals surface area (Å²) in [5.41, 5.74) is 0. The van der Waals surface area contributed by atoms with Gasteiger partial charge in [0.05, 0.1) is 38.6 Å². The zero-order valence-corrected chi connectivity index (χ0v) is 59.9. The van der Waals surface area contributed by atoms with E-state index in [1.807, 2.05) is 0 Å². The molecule has 0 saturated carbocycles. The molecule has 562 valence electrons. The second-order valence-corrected chi connectivity index (χ2v) is 28.5. The van der Waals surface area contributed by atoms with Gasteiger partial charge in [-0.25, -0.2) is 0 Å². The largest absolute Gasteiger partial charge is 0.394 e. The van der Waals surface area contributed by atoms with E-state index < -0.39 is 124 Å². The average molecular weight is 1360 g/mol. The van der Waals surface area contributed by atoms with Crippen LogP contribution in [0.4, 0.5) is 0 Å². The minimum absolute atomic E-state index is 0.236. The van der Waals surface area contributed by atoms with Gasteiger partial charge in [-0.2, -0.15) is 0 Å². The van der Waals surface area contributed by atoms with E-state index in [1.54, 1.807) is 0 Å². The van der Waals surface area contributed by atoms with Crippen molar-refractivity contribution in [1.82, 2.24) is 5.32 Å². The molecule has 3 aliphatic heterocycles. The minimum Gasteiger partial charge on any atom is -0.394 e. The van der Waals surface area contributed by atoms with Crippen LogP contribution in [0.5, 0.6) is 0 Å². The average Bonchev–Trinajstić information content (AvgIpc) is 0.791. The van der Waals surface area contributed by atoms with Crippen molar-refractivity contribution in [3.8, 4) is 0 Å². The van der Waals surface area contributed by atoms with Crippen LogP contribution in [-0.2, 0) is 33.2 Å². The summed E-state index contributed by atoms with van der Waals surface area (Å²) in [5.74, 6) is -0.236. The Balaban J connectivity index is 1.28. The number of rotatable bonds is 63. The molecule has 95 heavy (non-hydrogen) atoms. The highest BCUT2D eigenvalue weighted by atomic mass is 16.8. The highest BCUT2D eigenvalue weighted by Gasteiger charge is 2.54. The Bertz CT molecular complexity index is 1770. The number of unbranched alkanes of at least 4 members (excludes halogenated alkanes) is 45. The molecule has 12 N–H and O–H groups in total. The third-order valence-electron chi connectivity index (χ3n) is 20.1. The van der Waals surface area contributed by atoms with Crippen molar-refractivity contribution in [2.45, 2.75) is 439 Å². The SMILES string of the molecule is CCCCCCCCCC/C=C\CCCCCCCCCCCCCCCCCCCCCCCCCCCC(=O)NC(COC1OC(CO)C(OC2OC(CO)C(OC3OC(CO)C(O)C(O)C3O)C(O)C2O)C(O)C1O)C(O)CCCCCCCCCCCCCCC. The molecule has 0 spiro atoms. The molecule has 3 fully saturated rings. The number of ether oxygens (including phenoxy) is 6. The van der Waals surface area contributed by atoms with E-state index in [4.69, 9.17) is 28.4 Å². The second kappa shape index (κ2) is 58.1. The molecule has 3 aliphatic rings. The first-order valence-electron chi connectivity index (χ1n) is 39.4. The standard InChI is InChI=1S/C76H145NO18/c1-3-5-7-9-11-13-15-17-18-19-20-21-22-23-24-25-26-27-28-29-30-31-32-33-34-35-36-37-38-39-40-42-44-46-48-50-52-54-64(82)77-59(60(81)53-51-49-47-45-43-41-16-14-12-10-8-6-4-2)58-90-74-70(88)67(85)72(62(56-79)92-74)95-76-71(89)68(86)73(63(57-80)93-76)94-75-69(87)66(84)65(83)61(55-78)91-75/h19-20,59-63,65-76,78-81,83-89H,3-18,21-58H2,1-2H3,(H,77,82)/b20-19-. The summed E-state index contributed by atoms with van der Waals surface area (Å²) in [6.07, 6.45) is 40.5. The number of hydrogen-bond acceptors (Lipinski definition) is 18. The molecule has 0 aromatic heterocycles. The number of aliphatic hydroxyl groups excluding tert-OH is 11. The number of aliphatic hydroxyl groups is 11. The Labute approximate surface area is 576 Å². The van der Waals surface area contributed by atoms with Gasteiger partial charge in [0.2, 0.25) is 5.91 Å². The van der Waals surface area contributed by atoms with Crippen LogP contribution in [0.3, 0.4) is 0 Å². The monoisotopic (exact) mass is 1360 g/mol. The van der Waals surface area contributed by atoms with Gasteiger partial charge < -0.3 is 89.9 Å². The number of amides is 1. The maximum absolute atomic E-state index is 13.4. The number of carbonyl (C=O) groups is 1. The third-order valence-corrected chi connectivity index (χ3v) is 20.1. The van der Waals surface area contributed by atoms with Crippen LogP contribution in [0.1, 0.15) is 335 Å². The van der Waals surface area contributed by atoms with Crippen molar-refractivity contribution in [1.29, 1.82) is 0 Å². The Morgan fingerprint density at radius 3 is 1.02 bits per heavy atom. The number of carbonyl (C=O) groups excluding carboxylic acids is 1. The molecule has 3 heterocycles. The Morgan fingerprint density at radius 2 is 0.663 bits per heavy atom. The molecule has 19 heteroatoms. The van der Waals surface area contributed by atoms with Gasteiger partial charge in [-0.05, 0) is 38.5 Å². The van der Waals surface area contributed by atoms with Gasteiger partial charge in [0.25, 0.3) is 0 Å². The molecule has 3 saturated heterocycles. The molecule has 1 amide bonds. The van der Waals surface area contributed by atoms with Crippen molar-refractivity contribution < 1.29 is 89.4 Å². The molecule has 0 bridgehead atoms. The summed E-state index contributed by atoms with van der Waals surface area (Å²) in [7, 11) is 0. The molecular formula is C76H145NO18. The quantitative estimate of drug-likeness (QED) is 0.0199. The van der Waals surface area contributed by atoms with Crippen molar-refractivity contribution in [2.24, 2.45) is 0 Å². The molecule has 0 aromatic carbocycles. The van der Waals surface area contributed by atoms with Crippen LogP contribution in [0.15, 0.2) is 12.2 Å². The normalized spacial score (nSPS) is 27.2. The van der Waals surface area contributed by atoms with Gasteiger partial charge in [-0.15, -0.1) is 0 Å². The predicted octanol–water partition coefficient (Wildman–Crippen LogP) is 12.4. The van der Waals surface area contributed by atoms with Crippen molar-refractivity contribution in [3.63, 3.8) is 0 Å². The summed E-state index contributed by atoms with van der Waals surface area (Å²) in [4.78, 5) is 13.4. The molecule has 0 radical (unpaired) electrons. The van der Waals surface area contributed by atoms with Crippen molar-refractivity contribution in [2.75, 3.05) is 26.4 Å². The zero-order valence-electron chi connectivity index (χ0n) is 59.9. The number of hydrogen-bond donors (Lipinski definition) is 12. The summed E-state index contributed by atoms with van der Waals surface area (Å²) >= 11 is 0. The molecule has 0 aliphatic carbocycles. The van der Waals surface area contributed by atoms with Crippen LogP contribution in [0.25, 0.3) is 0 Å². The van der Waals surface area contributed by atoms with Crippen molar-refractivity contribution >= 4 is 5.91 Å². The van der Waals surface area contributed by atoms with E-state index in [2.05, 4.69) is 31.3 Å². The molecule has 3 rings (SSSR count). The number of nitrogens with one attached hydrogen (secondary N) is 1. The highest BCUT2D eigenvalue weighted by Crippen LogP contribution is 2.33. The van der Waals surface area contributed by atoms with E-state index in [9.17, 15) is 61.0 Å². The van der Waals surface area contributed by atoms with Crippen molar-refractivity contribution in [3.05, 3.63) is 12.2 Å². The first kappa shape index (κ1) is 87.7. The second-order valence-electron chi connectivity index (χ2n) is 28.5. The molecule has 19 nitrogen and oxygen atoms in total. The summed E-state index contributed by atoms with van der Waals surface area (Å²) in [5, 5.41) is 121. The smallest absolute Gasteiger partial charge is 0.220 e. The predicted molar refractivity (Wildman–Crippen MR) is 374 cm³/mol. The minimum atomic E-state index is -1.97. The number of allylic oxidation sites excluding steroid dienone is 2. The molecular weight excluding hydrogens is 1210 g/mol. The Morgan fingerprint density at radius 1 is 0.368 bits per heavy atom. The fraction of sp³-hybridized carbons (Fsp3) is 0.961. The molecule has 17 unspecified atom stereocenters. The van der Waals surface area contributed by atoms with Gasteiger partial charge in [0.1, 0.15) is 73.2 Å². The van der Waals surface area contributed by atoms with Crippen LogP contribution in [-0.4, -0.2) is 193 Å². The van der Waals surface area contributed by atoms with E-state index in [0.717, 1.165) is 44.9 Å². The lowest BCUT2D eigenvalue weighted by Crippen LogP contribution is -2.66. The lowest BCUT2D eigenvalue weighted by molar-refractivity contribution is -0.379. The van der Waals surface area contributed by atoms with Gasteiger partial charge >= 0.3 is 0 Å².